The van der Waals surface area contributed by atoms with Gasteiger partial charge in [-0.15, -0.1) is 0 Å². The number of hydrogen-bond donors (Lipinski definition) is 0. The highest BCUT2D eigenvalue weighted by atomic mass is 79.9. The third kappa shape index (κ3) is 1.25. The normalized spacial score (nSPS) is 21.2. The van der Waals surface area contributed by atoms with Gasteiger partial charge >= 0.3 is 0 Å². The molecule has 0 aliphatic heterocycles. The number of ketones is 1. The monoisotopic (exact) mass is 288 g/mol. The van der Waals surface area contributed by atoms with Gasteiger partial charge in [-0.2, -0.15) is 0 Å². The molecule has 1 aromatic carbocycles. The van der Waals surface area contributed by atoms with Gasteiger partial charge in [-0.05, 0) is 24.1 Å². The van der Waals surface area contributed by atoms with Gasteiger partial charge in [0.05, 0.1) is 4.83 Å². The van der Waals surface area contributed by atoms with Gasteiger partial charge < -0.3 is 0 Å². The Kier molecular flexibility index (Phi) is 2.09. The maximum absolute atomic E-state index is 11.5. The fourth-order valence-electron chi connectivity index (χ4n) is 1.41. The molecule has 1 aliphatic rings. The van der Waals surface area contributed by atoms with Crippen molar-refractivity contribution in [2.45, 2.75) is 11.2 Å². The average molecular weight is 290 g/mol. The summed E-state index contributed by atoms with van der Waals surface area (Å²) in [5, 5.41) is 0. The number of alkyl halides is 1. The largest absolute Gasteiger partial charge is 0.293 e. The van der Waals surface area contributed by atoms with Crippen molar-refractivity contribution in [3.63, 3.8) is 0 Å². The molecule has 0 fully saturated rings. The van der Waals surface area contributed by atoms with E-state index in [9.17, 15) is 4.79 Å². The molecule has 0 heterocycles. The zero-order valence-corrected chi connectivity index (χ0v) is 9.35. The van der Waals surface area contributed by atoms with Crippen molar-refractivity contribution in [1.29, 1.82) is 0 Å². The molecule has 0 bridgehead atoms. The zero-order chi connectivity index (χ0) is 8.72. The lowest BCUT2D eigenvalue weighted by molar-refractivity contribution is 0.100. The lowest BCUT2D eigenvalue weighted by atomic mass is 10.1. The van der Waals surface area contributed by atoms with Gasteiger partial charge in [-0.3, -0.25) is 4.79 Å². The Bertz CT molecular complexity index is 346. The van der Waals surface area contributed by atoms with Gasteiger partial charge in [0.15, 0.2) is 5.78 Å². The van der Waals surface area contributed by atoms with Crippen LogP contribution in [0.2, 0.25) is 0 Å². The highest BCUT2D eigenvalue weighted by Crippen LogP contribution is 2.28. The summed E-state index contributed by atoms with van der Waals surface area (Å²) in [6, 6.07) is 5.86. The molecular formula is C9H6Br2O. The van der Waals surface area contributed by atoms with E-state index in [1.165, 1.54) is 0 Å². The van der Waals surface area contributed by atoms with E-state index in [-0.39, 0.29) is 10.6 Å². The second-order valence-electron chi connectivity index (χ2n) is 2.84. The minimum absolute atomic E-state index is 0.0122. The van der Waals surface area contributed by atoms with Crippen molar-refractivity contribution in [3.05, 3.63) is 33.8 Å². The number of rotatable bonds is 0. The Balaban J connectivity index is 2.56. The predicted octanol–water partition coefficient (Wildman–Crippen LogP) is 2.95. The molecule has 0 aromatic heterocycles. The summed E-state index contributed by atoms with van der Waals surface area (Å²) in [7, 11) is 0. The molecule has 1 aliphatic carbocycles. The predicted molar refractivity (Wildman–Crippen MR) is 54.9 cm³/mol. The first-order valence-electron chi connectivity index (χ1n) is 3.65. The highest BCUT2D eigenvalue weighted by molar-refractivity contribution is 9.10. The topological polar surface area (TPSA) is 17.1 Å². The number of fused-ring (bicyclic) bond motifs is 1. The van der Waals surface area contributed by atoms with Crippen molar-refractivity contribution >= 4 is 37.6 Å². The van der Waals surface area contributed by atoms with Crippen LogP contribution in [0, 0.1) is 0 Å². The van der Waals surface area contributed by atoms with Crippen LogP contribution in [0.4, 0.5) is 0 Å². The van der Waals surface area contributed by atoms with E-state index in [4.69, 9.17) is 0 Å². The van der Waals surface area contributed by atoms with E-state index in [1.54, 1.807) is 0 Å². The van der Waals surface area contributed by atoms with Crippen LogP contribution in [0.15, 0.2) is 22.7 Å². The highest BCUT2D eigenvalue weighted by Gasteiger charge is 2.27. The van der Waals surface area contributed by atoms with Gasteiger partial charge in [0.2, 0.25) is 0 Å². The Morgan fingerprint density at radius 3 is 2.92 bits per heavy atom. The Labute approximate surface area is 87.4 Å². The van der Waals surface area contributed by atoms with Gasteiger partial charge in [0, 0.05) is 10.0 Å². The van der Waals surface area contributed by atoms with Crippen LogP contribution >= 0.6 is 31.9 Å². The molecule has 0 radical (unpaired) electrons. The number of carbonyl (C=O) groups excluding carboxylic acids is 1. The Morgan fingerprint density at radius 2 is 2.17 bits per heavy atom. The van der Waals surface area contributed by atoms with Crippen LogP contribution in [0.25, 0.3) is 0 Å². The zero-order valence-electron chi connectivity index (χ0n) is 6.18. The fraction of sp³-hybridized carbons (Fsp3) is 0.222. The second-order valence-corrected chi connectivity index (χ2v) is 4.86. The van der Waals surface area contributed by atoms with Crippen molar-refractivity contribution in [2.75, 3.05) is 0 Å². The van der Waals surface area contributed by atoms with E-state index in [0.29, 0.717) is 0 Å². The molecule has 0 unspecified atom stereocenters. The molecule has 12 heavy (non-hydrogen) atoms. The first kappa shape index (κ1) is 8.45. The molecule has 0 amide bonds. The molecule has 62 valence electrons. The van der Waals surface area contributed by atoms with Crippen molar-refractivity contribution in [1.82, 2.24) is 0 Å². The smallest absolute Gasteiger partial charge is 0.177 e. The summed E-state index contributed by atoms with van der Waals surface area (Å²) in [5.41, 5.74) is 2.00. The van der Waals surface area contributed by atoms with Gasteiger partial charge in [0.25, 0.3) is 0 Å². The molecule has 1 atom stereocenters. The van der Waals surface area contributed by atoms with E-state index < -0.39 is 0 Å². The van der Waals surface area contributed by atoms with Gasteiger partial charge in [0.1, 0.15) is 0 Å². The lowest BCUT2D eigenvalue weighted by Gasteiger charge is -1.95. The molecule has 1 nitrogen and oxygen atoms in total. The molecule has 0 spiro atoms. The summed E-state index contributed by atoms with van der Waals surface area (Å²) in [4.78, 5) is 11.5. The molecule has 3 heteroatoms. The summed E-state index contributed by atoms with van der Waals surface area (Å²) in [6.07, 6.45) is 0.821. The molecular weight excluding hydrogens is 284 g/mol. The molecule has 1 aromatic rings. The molecule has 0 saturated heterocycles. The van der Waals surface area contributed by atoms with Crippen LogP contribution in [0.3, 0.4) is 0 Å². The van der Waals surface area contributed by atoms with E-state index in [0.717, 1.165) is 22.0 Å². The first-order valence-corrected chi connectivity index (χ1v) is 5.36. The lowest BCUT2D eigenvalue weighted by Crippen LogP contribution is -2.05. The number of benzene rings is 1. The maximum atomic E-state index is 11.5. The molecule has 2 rings (SSSR count). The second kappa shape index (κ2) is 2.96. The minimum Gasteiger partial charge on any atom is -0.293 e. The molecule has 0 N–H and O–H groups in total. The van der Waals surface area contributed by atoms with Crippen LogP contribution in [-0.2, 0) is 6.42 Å². The van der Waals surface area contributed by atoms with Crippen LogP contribution in [0.5, 0.6) is 0 Å². The third-order valence-electron chi connectivity index (χ3n) is 2.02. The summed E-state index contributed by atoms with van der Waals surface area (Å²) in [6.45, 7) is 0. The van der Waals surface area contributed by atoms with Gasteiger partial charge in [-0.1, -0.05) is 37.9 Å². The fourth-order valence-corrected chi connectivity index (χ4v) is 2.37. The Morgan fingerprint density at radius 1 is 1.42 bits per heavy atom. The number of carbonyl (C=O) groups is 1. The van der Waals surface area contributed by atoms with Crippen LogP contribution in [-0.4, -0.2) is 10.6 Å². The minimum atomic E-state index is -0.0122. The number of halogens is 2. The summed E-state index contributed by atoms with van der Waals surface area (Å²) in [5.74, 6) is 0.200. The number of Topliss-reactive ketones (excluding diaryl/α,β-unsaturated/α-hetero) is 1. The summed E-state index contributed by atoms with van der Waals surface area (Å²) < 4.78 is 0.969. The van der Waals surface area contributed by atoms with Crippen molar-refractivity contribution < 1.29 is 4.79 Å². The van der Waals surface area contributed by atoms with E-state index in [2.05, 4.69) is 31.9 Å². The Hall–Kier alpha value is -0.150. The van der Waals surface area contributed by atoms with E-state index >= 15 is 0 Å². The third-order valence-corrected chi connectivity index (χ3v) is 3.25. The van der Waals surface area contributed by atoms with Crippen molar-refractivity contribution in [3.8, 4) is 0 Å². The SMILES string of the molecule is O=C1c2cc(Br)ccc2C[C@H]1Br. The first-order chi connectivity index (χ1) is 5.68. The standard InChI is InChI=1S/C9H6Br2O/c10-6-2-1-5-3-8(11)9(12)7(5)4-6/h1-2,4,8H,3H2/t8-/m1/s1. The van der Waals surface area contributed by atoms with E-state index in [1.807, 2.05) is 18.2 Å². The molecule has 0 saturated carbocycles. The van der Waals surface area contributed by atoms with Crippen molar-refractivity contribution in [2.24, 2.45) is 0 Å². The van der Waals surface area contributed by atoms with Crippen LogP contribution < -0.4 is 0 Å². The van der Waals surface area contributed by atoms with Gasteiger partial charge in [-0.25, -0.2) is 0 Å². The quantitative estimate of drug-likeness (QED) is 0.671. The summed E-state index contributed by atoms with van der Waals surface area (Å²) >= 11 is 6.69. The maximum Gasteiger partial charge on any atom is 0.177 e. The van der Waals surface area contributed by atoms with Crippen LogP contribution in [0.1, 0.15) is 15.9 Å². The number of hydrogen-bond acceptors (Lipinski definition) is 1. The average Bonchev–Trinajstić information content (AvgIpc) is 2.31.